The van der Waals surface area contributed by atoms with Gasteiger partial charge in [0.2, 0.25) is 0 Å². The average molecular weight is 338 g/mol. The summed E-state index contributed by atoms with van der Waals surface area (Å²) in [6, 6.07) is 14.4. The molecule has 0 amide bonds. The van der Waals surface area contributed by atoms with Crippen molar-refractivity contribution in [2.75, 3.05) is 0 Å². The van der Waals surface area contributed by atoms with E-state index in [2.05, 4.69) is 43.5 Å². The summed E-state index contributed by atoms with van der Waals surface area (Å²) in [5.74, 6) is 0.676. The molecule has 26 heavy (non-hydrogen) atoms. The van der Waals surface area contributed by atoms with Crippen LogP contribution in [-0.2, 0) is 0 Å². The second kappa shape index (κ2) is 7.75. The van der Waals surface area contributed by atoms with Gasteiger partial charge in [-0.3, -0.25) is 0 Å². The van der Waals surface area contributed by atoms with E-state index in [0.29, 0.717) is 5.82 Å². The monoisotopic (exact) mass is 338 g/mol. The van der Waals surface area contributed by atoms with Gasteiger partial charge in [-0.15, -0.1) is 0 Å². The van der Waals surface area contributed by atoms with Crippen molar-refractivity contribution in [1.29, 1.82) is 0 Å². The van der Waals surface area contributed by atoms with Crippen molar-refractivity contribution in [3.8, 4) is 11.3 Å². The molecule has 0 aliphatic heterocycles. The summed E-state index contributed by atoms with van der Waals surface area (Å²) < 4.78 is 0. The van der Waals surface area contributed by atoms with Gasteiger partial charge < -0.3 is 0 Å². The Morgan fingerprint density at radius 3 is 2.35 bits per heavy atom. The zero-order chi connectivity index (χ0) is 18.5. The predicted octanol–water partition coefficient (Wildman–Crippen LogP) is 6.56. The third kappa shape index (κ3) is 3.14. The number of fused-ring (bicyclic) bond motifs is 1. The molecule has 0 aliphatic rings. The van der Waals surface area contributed by atoms with Crippen molar-refractivity contribution in [3.05, 3.63) is 90.8 Å². The molecule has 3 aromatic rings. The average Bonchev–Trinajstić information content (AvgIpc) is 2.69. The lowest BCUT2D eigenvalue weighted by atomic mass is 9.98. The van der Waals surface area contributed by atoms with Crippen LogP contribution in [0.3, 0.4) is 0 Å². The number of hydrogen-bond donors (Lipinski definition) is 0. The summed E-state index contributed by atoms with van der Waals surface area (Å²) in [4.78, 5) is 9.72. The van der Waals surface area contributed by atoms with E-state index in [0.717, 1.165) is 38.9 Å². The predicted molar refractivity (Wildman–Crippen MR) is 114 cm³/mol. The first-order chi connectivity index (χ1) is 12.7. The fourth-order valence-electron chi connectivity index (χ4n) is 3.06. The zero-order valence-electron chi connectivity index (χ0n) is 15.2. The molecule has 3 rings (SSSR count). The highest BCUT2D eigenvalue weighted by Crippen LogP contribution is 2.32. The maximum atomic E-state index is 4.86. The Bertz CT molecular complexity index is 1030. The van der Waals surface area contributed by atoms with Crippen LogP contribution in [0.1, 0.15) is 30.8 Å². The molecular weight excluding hydrogens is 316 g/mol. The van der Waals surface area contributed by atoms with Crippen LogP contribution in [0.2, 0.25) is 0 Å². The first-order valence-corrected chi connectivity index (χ1v) is 8.68. The molecule has 0 saturated carbocycles. The van der Waals surface area contributed by atoms with E-state index in [1.54, 1.807) is 6.08 Å². The molecule has 2 aromatic carbocycles. The molecule has 0 atom stereocenters. The smallest absolute Gasteiger partial charge is 0.160 e. The van der Waals surface area contributed by atoms with Crippen molar-refractivity contribution in [2.24, 2.45) is 0 Å². The molecule has 1 heterocycles. The van der Waals surface area contributed by atoms with Crippen molar-refractivity contribution >= 4 is 28.6 Å². The standard InChI is InChI=1S/C24H22N2/c1-5-12-18-15-16-21-22(19-13-10-9-11-14-19)25-24(17(6-2)7-3)26-23(21)20(18)8-4/h5-16H,2,4H2,1,3H3/b12-5-,17-7+. The fraction of sp³-hybridized carbons (Fsp3) is 0.0833. The zero-order valence-corrected chi connectivity index (χ0v) is 15.2. The van der Waals surface area contributed by atoms with Gasteiger partial charge >= 0.3 is 0 Å². The summed E-state index contributed by atoms with van der Waals surface area (Å²) in [5, 5.41) is 1.02. The molecule has 0 aliphatic carbocycles. The molecule has 0 N–H and O–H groups in total. The Hall–Kier alpha value is -3.26. The van der Waals surface area contributed by atoms with Crippen LogP contribution in [0.5, 0.6) is 0 Å². The molecule has 0 saturated heterocycles. The minimum atomic E-state index is 0.676. The second-order valence-corrected chi connectivity index (χ2v) is 5.88. The van der Waals surface area contributed by atoms with Gasteiger partial charge in [0.05, 0.1) is 11.2 Å². The van der Waals surface area contributed by atoms with Crippen molar-refractivity contribution in [3.63, 3.8) is 0 Å². The van der Waals surface area contributed by atoms with E-state index in [4.69, 9.17) is 9.97 Å². The maximum absolute atomic E-state index is 4.86. The number of hydrogen-bond acceptors (Lipinski definition) is 2. The molecule has 0 radical (unpaired) electrons. The molecule has 128 valence electrons. The Balaban J connectivity index is 2.45. The number of allylic oxidation sites excluding steroid dienone is 4. The Morgan fingerprint density at radius 2 is 1.73 bits per heavy atom. The Kier molecular flexibility index (Phi) is 5.23. The molecule has 0 spiro atoms. The normalized spacial score (nSPS) is 11.8. The van der Waals surface area contributed by atoms with Crippen LogP contribution in [0.15, 0.2) is 73.9 Å². The van der Waals surface area contributed by atoms with Gasteiger partial charge in [-0.1, -0.05) is 79.9 Å². The molecule has 2 heteroatoms. The highest BCUT2D eigenvalue weighted by Gasteiger charge is 2.14. The lowest BCUT2D eigenvalue weighted by molar-refractivity contribution is 1.17. The number of nitrogens with zero attached hydrogens (tertiary/aromatic N) is 2. The summed E-state index contributed by atoms with van der Waals surface area (Å²) in [6.45, 7) is 11.9. The molecule has 2 nitrogen and oxygen atoms in total. The Morgan fingerprint density at radius 1 is 0.962 bits per heavy atom. The maximum Gasteiger partial charge on any atom is 0.160 e. The van der Waals surface area contributed by atoms with Crippen molar-refractivity contribution in [1.82, 2.24) is 9.97 Å². The minimum absolute atomic E-state index is 0.676. The van der Waals surface area contributed by atoms with Crippen LogP contribution in [-0.4, -0.2) is 9.97 Å². The minimum Gasteiger partial charge on any atom is -0.227 e. The molecule has 0 fully saturated rings. The van der Waals surface area contributed by atoms with Crippen LogP contribution in [0.25, 0.3) is 39.9 Å². The fourth-order valence-corrected chi connectivity index (χ4v) is 3.06. The third-order valence-electron chi connectivity index (χ3n) is 4.33. The largest absolute Gasteiger partial charge is 0.227 e. The topological polar surface area (TPSA) is 25.8 Å². The van der Waals surface area contributed by atoms with Gasteiger partial charge in [0, 0.05) is 22.1 Å². The van der Waals surface area contributed by atoms with E-state index in [9.17, 15) is 0 Å². The van der Waals surface area contributed by atoms with E-state index >= 15 is 0 Å². The summed E-state index contributed by atoms with van der Waals surface area (Å²) in [7, 11) is 0. The molecule has 0 unspecified atom stereocenters. The van der Waals surface area contributed by atoms with Crippen LogP contribution < -0.4 is 0 Å². The molecule has 0 bridgehead atoms. The van der Waals surface area contributed by atoms with Gasteiger partial charge in [0.1, 0.15) is 0 Å². The number of aromatic nitrogens is 2. The number of rotatable bonds is 5. The van der Waals surface area contributed by atoms with E-state index < -0.39 is 0 Å². The van der Waals surface area contributed by atoms with Crippen LogP contribution >= 0.6 is 0 Å². The van der Waals surface area contributed by atoms with Gasteiger partial charge in [0.25, 0.3) is 0 Å². The number of benzene rings is 2. The Labute approximate surface area is 155 Å². The lowest BCUT2D eigenvalue weighted by Gasteiger charge is -2.13. The van der Waals surface area contributed by atoms with E-state index in [-0.39, 0.29) is 0 Å². The van der Waals surface area contributed by atoms with Crippen molar-refractivity contribution in [2.45, 2.75) is 13.8 Å². The summed E-state index contributed by atoms with van der Waals surface area (Å²) in [5.41, 5.74) is 5.91. The first-order valence-electron chi connectivity index (χ1n) is 8.68. The molecule has 1 aromatic heterocycles. The quantitative estimate of drug-likeness (QED) is 0.492. The first kappa shape index (κ1) is 17.6. The summed E-state index contributed by atoms with van der Waals surface area (Å²) in [6.07, 6.45) is 9.73. The van der Waals surface area contributed by atoms with Gasteiger partial charge in [-0.2, -0.15) is 0 Å². The van der Waals surface area contributed by atoms with Gasteiger partial charge in [0.15, 0.2) is 5.82 Å². The van der Waals surface area contributed by atoms with Gasteiger partial charge in [-0.05, 0) is 25.5 Å². The van der Waals surface area contributed by atoms with Gasteiger partial charge in [-0.25, -0.2) is 9.97 Å². The van der Waals surface area contributed by atoms with Crippen molar-refractivity contribution < 1.29 is 0 Å². The molecular formula is C24H22N2. The van der Waals surface area contributed by atoms with Crippen LogP contribution in [0, 0.1) is 0 Å². The highest BCUT2D eigenvalue weighted by molar-refractivity contribution is 5.99. The summed E-state index contributed by atoms with van der Waals surface area (Å²) >= 11 is 0. The third-order valence-corrected chi connectivity index (χ3v) is 4.33. The highest BCUT2D eigenvalue weighted by atomic mass is 14.9. The van der Waals surface area contributed by atoms with Crippen LogP contribution in [0.4, 0.5) is 0 Å². The second-order valence-electron chi connectivity index (χ2n) is 5.88. The SMILES string of the molecule is C=C/C(=C\C)c1nc(-c2ccccc2)c2ccc(/C=C\C)c(C=C)c2n1. The lowest BCUT2D eigenvalue weighted by Crippen LogP contribution is -2.00. The van der Waals surface area contributed by atoms with E-state index in [1.807, 2.05) is 50.3 Å². The van der Waals surface area contributed by atoms with E-state index in [1.165, 1.54) is 0 Å².